The summed E-state index contributed by atoms with van der Waals surface area (Å²) in [6.07, 6.45) is 2.63. The van der Waals surface area contributed by atoms with E-state index in [-0.39, 0.29) is 12.6 Å². The number of anilines is 2. The topological polar surface area (TPSA) is 121 Å². The van der Waals surface area contributed by atoms with Crippen LogP contribution in [0.2, 0.25) is 0 Å². The molecule has 5 aromatic rings. The molecule has 0 unspecified atom stereocenters. The van der Waals surface area contributed by atoms with Crippen molar-refractivity contribution in [1.29, 1.82) is 0 Å². The minimum Gasteiger partial charge on any atom is -0.443 e. The van der Waals surface area contributed by atoms with Crippen LogP contribution in [0.1, 0.15) is 32.0 Å². The fraction of sp³-hybridized carbons (Fsp3) is 0.233. The first-order valence-electron chi connectivity index (χ1n) is 12.9. The molecule has 0 spiro atoms. The zero-order valence-corrected chi connectivity index (χ0v) is 23.0. The molecule has 0 saturated carbocycles. The summed E-state index contributed by atoms with van der Waals surface area (Å²) in [5.74, 6) is 1.03. The number of carbonyl (C=O) groups is 1. The molecule has 202 valence electrons. The van der Waals surface area contributed by atoms with Gasteiger partial charge in [0, 0.05) is 30.2 Å². The van der Waals surface area contributed by atoms with Crippen LogP contribution in [0.5, 0.6) is 11.8 Å². The molecule has 3 aromatic heterocycles. The van der Waals surface area contributed by atoms with Crippen LogP contribution in [0.3, 0.4) is 0 Å². The summed E-state index contributed by atoms with van der Waals surface area (Å²) in [5, 5.41) is 0.761. The molecule has 0 aliphatic carbocycles. The number of nitrogens with two attached hydrogens (primary N) is 1. The zero-order chi connectivity index (χ0) is 28.2. The van der Waals surface area contributed by atoms with E-state index in [0.29, 0.717) is 22.9 Å². The molecule has 0 fully saturated rings. The number of fused-ring (bicyclic) bond motifs is 2. The Kier molecular flexibility index (Phi) is 5.90. The molecule has 0 bridgehead atoms. The predicted octanol–water partition coefficient (Wildman–Crippen LogP) is 6.03. The van der Waals surface area contributed by atoms with Gasteiger partial charge in [-0.05, 0) is 74.7 Å². The summed E-state index contributed by atoms with van der Waals surface area (Å²) >= 11 is 0. The van der Waals surface area contributed by atoms with E-state index in [4.69, 9.17) is 15.2 Å². The van der Waals surface area contributed by atoms with Crippen LogP contribution in [0.25, 0.3) is 33.4 Å². The summed E-state index contributed by atoms with van der Waals surface area (Å²) in [6, 6.07) is 15.5. The lowest BCUT2D eigenvalue weighted by molar-refractivity contribution is 0.0577. The first-order chi connectivity index (χ1) is 19.1. The van der Waals surface area contributed by atoms with Crippen molar-refractivity contribution in [1.82, 2.24) is 24.5 Å². The number of hydrogen-bond donors (Lipinski definition) is 1. The van der Waals surface area contributed by atoms with Crippen molar-refractivity contribution in [3.8, 4) is 34.1 Å². The molecular weight excluding hydrogens is 506 g/mol. The van der Waals surface area contributed by atoms with Crippen molar-refractivity contribution in [2.75, 3.05) is 10.6 Å². The Morgan fingerprint density at radius 1 is 1.02 bits per heavy atom. The molecule has 1 aliphatic heterocycles. The Hall–Kier alpha value is -4.99. The first-order valence-corrected chi connectivity index (χ1v) is 12.9. The van der Waals surface area contributed by atoms with E-state index in [1.165, 1.54) is 6.33 Å². The average Bonchev–Trinajstić information content (AvgIpc) is 3.10. The van der Waals surface area contributed by atoms with Gasteiger partial charge in [-0.15, -0.1) is 0 Å². The normalized spacial score (nSPS) is 12.7. The average molecular weight is 536 g/mol. The lowest BCUT2D eigenvalue weighted by Crippen LogP contribution is -2.37. The summed E-state index contributed by atoms with van der Waals surface area (Å²) in [6.45, 7) is 7.61. The van der Waals surface area contributed by atoms with E-state index in [1.807, 2.05) is 81.8 Å². The number of nitrogens with zero attached hydrogens (tertiary/aromatic N) is 6. The van der Waals surface area contributed by atoms with Crippen LogP contribution in [0.15, 0.2) is 61.1 Å². The molecule has 10 nitrogen and oxygen atoms in total. The fourth-order valence-corrected chi connectivity index (χ4v) is 4.99. The number of carbonyl (C=O) groups excluding carboxylic acids is 1. The molecule has 1 amide bonds. The van der Waals surface area contributed by atoms with Crippen molar-refractivity contribution in [3.63, 3.8) is 0 Å². The number of hydrogen-bond acceptors (Lipinski definition) is 8. The van der Waals surface area contributed by atoms with Gasteiger partial charge < -0.3 is 19.8 Å². The third-order valence-electron chi connectivity index (χ3n) is 6.66. The highest BCUT2D eigenvalue weighted by molar-refractivity contribution is 6.12. The van der Waals surface area contributed by atoms with E-state index in [0.717, 1.165) is 39.0 Å². The lowest BCUT2D eigenvalue weighted by Gasteiger charge is -2.26. The van der Waals surface area contributed by atoms with Gasteiger partial charge in [-0.25, -0.2) is 24.7 Å². The molecular formula is C30H29N7O3. The SMILES string of the molecule is Cc1ccnc(Oc2ccc3c(c2)CN(C(=O)OC(C)(C)C)c2ncnc4c2c-3c(-c2ccc(N)cc2)n4C)n1. The molecule has 40 heavy (non-hydrogen) atoms. The monoisotopic (exact) mass is 535 g/mol. The van der Waals surface area contributed by atoms with Gasteiger partial charge in [0.15, 0.2) is 5.82 Å². The minimum absolute atomic E-state index is 0.210. The second-order valence-corrected chi connectivity index (χ2v) is 10.8. The number of aromatic nitrogens is 5. The standard InChI is InChI=1S/C30H29N7O3/c1-17-12-13-32-28(35-17)39-21-10-11-22-19(14-21)15-37(29(38)40-30(2,3)4)27-24-23(22)25(18-6-8-20(31)9-7-18)36(5)26(24)33-16-34-27/h6-14,16H,15,31H2,1-5H3. The highest BCUT2D eigenvalue weighted by Gasteiger charge is 2.34. The molecule has 6 rings (SSSR count). The number of amides is 1. The first kappa shape index (κ1) is 25.3. The number of benzene rings is 2. The van der Waals surface area contributed by atoms with E-state index >= 15 is 0 Å². The highest BCUT2D eigenvalue weighted by Crippen LogP contribution is 2.47. The number of nitrogen functional groups attached to an aromatic ring is 1. The van der Waals surface area contributed by atoms with Gasteiger partial charge in [-0.2, -0.15) is 0 Å². The Bertz CT molecular complexity index is 1770. The van der Waals surface area contributed by atoms with E-state index in [2.05, 4.69) is 19.9 Å². The van der Waals surface area contributed by atoms with Crippen LogP contribution >= 0.6 is 0 Å². The van der Waals surface area contributed by atoms with Crippen molar-refractivity contribution in [2.24, 2.45) is 7.05 Å². The Morgan fingerprint density at radius 3 is 2.52 bits per heavy atom. The summed E-state index contributed by atoms with van der Waals surface area (Å²) in [7, 11) is 1.96. The van der Waals surface area contributed by atoms with Gasteiger partial charge in [0.25, 0.3) is 0 Å². The van der Waals surface area contributed by atoms with Gasteiger partial charge in [0.05, 0.1) is 17.6 Å². The van der Waals surface area contributed by atoms with Crippen molar-refractivity contribution in [2.45, 2.75) is 39.8 Å². The quantitative estimate of drug-likeness (QED) is 0.278. The molecule has 0 radical (unpaired) electrons. The summed E-state index contributed by atoms with van der Waals surface area (Å²) in [4.78, 5) is 33.0. The van der Waals surface area contributed by atoms with Gasteiger partial charge in [-0.1, -0.05) is 18.2 Å². The largest absolute Gasteiger partial charge is 0.443 e. The Labute approximate surface area is 231 Å². The number of rotatable bonds is 3. The van der Waals surface area contributed by atoms with Gasteiger partial charge >= 0.3 is 12.1 Å². The molecule has 4 heterocycles. The third-order valence-corrected chi connectivity index (χ3v) is 6.66. The predicted molar refractivity (Wildman–Crippen MR) is 153 cm³/mol. The highest BCUT2D eigenvalue weighted by atomic mass is 16.6. The van der Waals surface area contributed by atoms with Gasteiger partial charge in [0.2, 0.25) is 0 Å². The molecule has 2 aromatic carbocycles. The van der Waals surface area contributed by atoms with E-state index < -0.39 is 11.7 Å². The van der Waals surface area contributed by atoms with Crippen molar-refractivity contribution >= 4 is 28.6 Å². The maximum Gasteiger partial charge on any atom is 0.416 e. The molecule has 10 heteroatoms. The van der Waals surface area contributed by atoms with Gasteiger partial charge in [-0.3, -0.25) is 4.90 Å². The summed E-state index contributed by atoms with van der Waals surface area (Å²) < 4.78 is 13.9. The van der Waals surface area contributed by atoms with Crippen LogP contribution in [-0.4, -0.2) is 36.2 Å². The van der Waals surface area contributed by atoms with Crippen molar-refractivity contribution < 1.29 is 14.3 Å². The second kappa shape index (κ2) is 9.33. The minimum atomic E-state index is -0.694. The lowest BCUT2D eigenvalue weighted by atomic mass is 9.95. The maximum absolute atomic E-state index is 13.6. The Balaban J connectivity index is 1.60. The van der Waals surface area contributed by atoms with E-state index in [9.17, 15) is 4.79 Å². The van der Waals surface area contributed by atoms with Crippen LogP contribution in [0, 0.1) is 6.92 Å². The number of aryl methyl sites for hydroxylation is 2. The van der Waals surface area contributed by atoms with Crippen LogP contribution in [0.4, 0.5) is 16.3 Å². The van der Waals surface area contributed by atoms with Crippen LogP contribution < -0.4 is 15.4 Å². The molecule has 2 N–H and O–H groups in total. The zero-order valence-electron chi connectivity index (χ0n) is 23.0. The Morgan fingerprint density at radius 2 is 1.80 bits per heavy atom. The second-order valence-electron chi connectivity index (χ2n) is 10.8. The molecule has 1 aliphatic rings. The smallest absolute Gasteiger partial charge is 0.416 e. The maximum atomic E-state index is 13.6. The van der Waals surface area contributed by atoms with Gasteiger partial charge in [0.1, 0.15) is 23.3 Å². The number of ether oxygens (including phenoxy) is 2. The fourth-order valence-electron chi connectivity index (χ4n) is 4.99. The summed E-state index contributed by atoms with van der Waals surface area (Å²) in [5.41, 5.74) is 12.1. The van der Waals surface area contributed by atoms with Crippen LogP contribution in [-0.2, 0) is 18.3 Å². The molecule has 0 atom stereocenters. The van der Waals surface area contributed by atoms with Crippen molar-refractivity contribution in [3.05, 3.63) is 72.3 Å². The molecule has 0 saturated heterocycles. The van der Waals surface area contributed by atoms with E-state index in [1.54, 1.807) is 17.2 Å². The third kappa shape index (κ3) is 4.47.